The fourth-order valence-corrected chi connectivity index (χ4v) is 8.27. The van der Waals surface area contributed by atoms with E-state index in [4.69, 9.17) is 4.74 Å². The van der Waals surface area contributed by atoms with Crippen LogP contribution in [0.1, 0.15) is 65.2 Å². The largest absolute Gasteiger partial charge is 0.481 e. The number of carboxylic acid groups (broad SMARTS) is 1. The molecule has 148 valence electrons. The monoisotopic (exact) mass is 374 g/mol. The van der Waals surface area contributed by atoms with Crippen LogP contribution in [-0.2, 0) is 14.3 Å². The van der Waals surface area contributed by atoms with Gasteiger partial charge in [0.1, 0.15) is 5.60 Å². The number of carboxylic acids is 1. The Morgan fingerprint density at radius 2 is 2.19 bits per heavy atom. The van der Waals surface area contributed by atoms with Gasteiger partial charge in [-0.2, -0.15) is 0 Å². The zero-order valence-corrected chi connectivity index (χ0v) is 16.2. The molecule has 5 nitrogen and oxygen atoms in total. The van der Waals surface area contributed by atoms with E-state index in [0.717, 1.165) is 32.1 Å². The second kappa shape index (κ2) is 5.16. The molecule has 0 radical (unpaired) electrons. The van der Waals surface area contributed by atoms with E-state index in [9.17, 15) is 19.8 Å². The van der Waals surface area contributed by atoms with Gasteiger partial charge in [-0.25, -0.2) is 0 Å². The molecule has 0 aromatic carbocycles. The summed E-state index contributed by atoms with van der Waals surface area (Å²) < 4.78 is 6.10. The molecule has 3 saturated carbocycles. The second-order valence-electron chi connectivity index (χ2n) is 10.2. The molecule has 2 N–H and O–H groups in total. The molecular formula is C22H30O5. The summed E-state index contributed by atoms with van der Waals surface area (Å²) in [5.41, 5.74) is -2.74. The van der Waals surface area contributed by atoms with E-state index in [1.54, 1.807) is 0 Å². The Kier molecular flexibility index (Phi) is 3.39. The number of unbranched alkanes of at least 4 members (excludes halogenated alkanes) is 1. The Bertz CT molecular complexity index is 745. The number of carbonyl (C=O) groups excluding carboxylic acids is 1. The van der Waals surface area contributed by atoms with Crippen molar-refractivity contribution in [3.05, 3.63) is 12.2 Å². The van der Waals surface area contributed by atoms with Crippen LogP contribution in [0.25, 0.3) is 0 Å². The van der Waals surface area contributed by atoms with Crippen LogP contribution in [0.5, 0.6) is 0 Å². The zero-order valence-electron chi connectivity index (χ0n) is 16.2. The first-order valence-corrected chi connectivity index (χ1v) is 10.6. The number of hydrogen-bond donors (Lipinski definition) is 2. The lowest BCUT2D eigenvalue weighted by Crippen LogP contribution is -2.47. The molecule has 8 atom stereocenters. The fraction of sp³-hybridized carbons (Fsp3) is 0.818. The van der Waals surface area contributed by atoms with Gasteiger partial charge >= 0.3 is 11.9 Å². The summed E-state index contributed by atoms with van der Waals surface area (Å²) in [6.07, 6.45) is 10.4. The molecule has 5 heteroatoms. The minimum atomic E-state index is -0.854. The highest BCUT2D eigenvalue weighted by molar-refractivity contribution is 5.86. The lowest BCUT2D eigenvalue weighted by atomic mass is 9.62. The van der Waals surface area contributed by atoms with Crippen LogP contribution in [0.15, 0.2) is 12.2 Å². The summed E-state index contributed by atoms with van der Waals surface area (Å²) in [5, 5.41) is 21.8. The predicted molar refractivity (Wildman–Crippen MR) is 97.7 cm³/mol. The van der Waals surface area contributed by atoms with E-state index in [1.165, 1.54) is 0 Å². The number of carbonyl (C=O) groups is 2. The molecule has 1 unspecified atom stereocenters. The summed E-state index contributed by atoms with van der Waals surface area (Å²) in [5.74, 6) is -1.81. The van der Waals surface area contributed by atoms with Gasteiger partial charge in [-0.15, -0.1) is 0 Å². The molecule has 1 aliphatic heterocycles. The van der Waals surface area contributed by atoms with Crippen LogP contribution in [0.4, 0.5) is 0 Å². The fourth-order valence-electron chi connectivity index (χ4n) is 8.27. The van der Waals surface area contributed by atoms with E-state index in [0.29, 0.717) is 19.3 Å². The number of ether oxygens (including phenoxy) is 1. The molecule has 4 bridgehead atoms. The number of hydrogen-bond acceptors (Lipinski definition) is 4. The molecule has 0 aromatic rings. The van der Waals surface area contributed by atoms with E-state index in [1.807, 2.05) is 19.1 Å². The average Bonchev–Trinajstić information content (AvgIpc) is 3.01. The predicted octanol–water partition coefficient (Wildman–Crippen LogP) is 3.31. The SMILES string of the molecule is CCCC[C@@H]1C[C@]23C[C@@]1(O)CC[C@H]2C12CC=C[C@@](C)(C(=O)O1)[C@H]2[C@@H]3C(=O)O. The topological polar surface area (TPSA) is 83.8 Å². The third-order valence-electron chi connectivity index (χ3n) is 9.09. The maximum atomic E-state index is 12.8. The second-order valence-corrected chi connectivity index (χ2v) is 10.2. The quantitative estimate of drug-likeness (QED) is 0.583. The standard InChI is InChI=1S/C22H30O5/c1-3-4-6-13-11-20-12-21(13,26)10-7-14(20)22-9-5-8-19(2,18(25)27-22)16(22)15(20)17(23)24/h5,8,13-16,26H,3-4,6-7,9-12H2,1-2H3,(H,23,24)/t13-,14-,15-,16-,19-,20+,21+,22?/m1/s1. The molecule has 0 aromatic heterocycles. The Hall–Kier alpha value is -1.36. The molecule has 0 amide bonds. The summed E-state index contributed by atoms with van der Waals surface area (Å²) in [6, 6.07) is 0. The van der Waals surface area contributed by atoms with Gasteiger partial charge in [-0.1, -0.05) is 31.9 Å². The molecule has 4 fully saturated rings. The minimum absolute atomic E-state index is 0.0405. The van der Waals surface area contributed by atoms with Crippen molar-refractivity contribution in [1.82, 2.24) is 0 Å². The van der Waals surface area contributed by atoms with Crippen LogP contribution in [0, 0.1) is 34.5 Å². The van der Waals surface area contributed by atoms with Gasteiger partial charge in [0, 0.05) is 18.3 Å². The molecule has 5 rings (SSSR count). The summed E-state index contributed by atoms with van der Waals surface area (Å²) in [7, 11) is 0. The van der Waals surface area contributed by atoms with Crippen molar-refractivity contribution in [2.75, 3.05) is 0 Å². The Labute approximate surface area is 160 Å². The van der Waals surface area contributed by atoms with Crippen molar-refractivity contribution in [2.24, 2.45) is 34.5 Å². The van der Waals surface area contributed by atoms with Gasteiger partial charge in [0.25, 0.3) is 0 Å². The molecule has 1 saturated heterocycles. The highest BCUT2D eigenvalue weighted by Gasteiger charge is 2.82. The zero-order chi connectivity index (χ0) is 19.2. The van der Waals surface area contributed by atoms with Crippen LogP contribution >= 0.6 is 0 Å². The van der Waals surface area contributed by atoms with Gasteiger partial charge in [0.15, 0.2) is 0 Å². The van der Waals surface area contributed by atoms with Gasteiger partial charge in [0.2, 0.25) is 0 Å². The van der Waals surface area contributed by atoms with Crippen molar-refractivity contribution in [3.8, 4) is 0 Å². The molecule has 4 aliphatic carbocycles. The molecule has 5 aliphatic rings. The third kappa shape index (κ3) is 1.85. The van der Waals surface area contributed by atoms with Crippen molar-refractivity contribution >= 4 is 11.9 Å². The van der Waals surface area contributed by atoms with Crippen molar-refractivity contribution in [2.45, 2.75) is 76.4 Å². The maximum Gasteiger partial charge on any atom is 0.316 e. The van der Waals surface area contributed by atoms with E-state index >= 15 is 0 Å². The number of aliphatic hydroxyl groups is 1. The molecule has 1 spiro atoms. The summed E-state index contributed by atoms with van der Waals surface area (Å²) in [4.78, 5) is 25.4. The highest BCUT2D eigenvalue weighted by atomic mass is 16.6. The molecule has 1 heterocycles. The van der Waals surface area contributed by atoms with Crippen molar-refractivity contribution in [1.29, 1.82) is 0 Å². The first-order valence-electron chi connectivity index (χ1n) is 10.6. The smallest absolute Gasteiger partial charge is 0.316 e. The van der Waals surface area contributed by atoms with Crippen molar-refractivity contribution < 1.29 is 24.5 Å². The van der Waals surface area contributed by atoms with E-state index < -0.39 is 33.9 Å². The summed E-state index contributed by atoms with van der Waals surface area (Å²) >= 11 is 0. The van der Waals surface area contributed by atoms with Gasteiger partial charge < -0.3 is 14.9 Å². The van der Waals surface area contributed by atoms with Crippen LogP contribution in [0.3, 0.4) is 0 Å². The Balaban J connectivity index is 1.65. The van der Waals surface area contributed by atoms with Crippen LogP contribution < -0.4 is 0 Å². The number of fused-ring (bicyclic) bond motifs is 1. The third-order valence-corrected chi connectivity index (χ3v) is 9.09. The van der Waals surface area contributed by atoms with Gasteiger partial charge in [0.05, 0.1) is 16.9 Å². The van der Waals surface area contributed by atoms with E-state index in [-0.39, 0.29) is 23.7 Å². The first-order chi connectivity index (χ1) is 12.7. The first kappa shape index (κ1) is 17.7. The van der Waals surface area contributed by atoms with Gasteiger partial charge in [-0.05, 0) is 50.4 Å². The number of esters is 1. The maximum absolute atomic E-state index is 12.8. The average molecular weight is 374 g/mol. The lowest BCUT2D eigenvalue weighted by molar-refractivity contribution is -0.162. The Morgan fingerprint density at radius 1 is 1.41 bits per heavy atom. The van der Waals surface area contributed by atoms with Crippen LogP contribution in [-0.4, -0.2) is 33.4 Å². The molecular weight excluding hydrogens is 344 g/mol. The number of rotatable bonds is 4. The lowest BCUT2D eigenvalue weighted by Gasteiger charge is -2.45. The highest BCUT2D eigenvalue weighted by Crippen LogP contribution is 2.78. The normalized spacial score (nSPS) is 54.6. The molecule has 27 heavy (non-hydrogen) atoms. The van der Waals surface area contributed by atoms with E-state index in [2.05, 4.69) is 6.92 Å². The minimum Gasteiger partial charge on any atom is -0.481 e. The summed E-state index contributed by atoms with van der Waals surface area (Å²) in [6.45, 7) is 4.01. The van der Waals surface area contributed by atoms with Gasteiger partial charge in [-0.3, -0.25) is 9.59 Å². The number of aliphatic carboxylic acids is 1. The Morgan fingerprint density at radius 3 is 2.89 bits per heavy atom. The van der Waals surface area contributed by atoms with Crippen molar-refractivity contribution in [3.63, 3.8) is 0 Å². The van der Waals surface area contributed by atoms with Crippen LogP contribution in [0.2, 0.25) is 0 Å².